The van der Waals surface area contributed by atoms with Crippen LogP contribution in [0.15, 0.2) is 23.9 Å². The third-order valence-corrected chi connectivity index (χ3v) is 1.20. The molecule has 1 N–H and O–H groups in total. The molecule has 48 valence electrons. The second-order valence-electron chi connectivity index (χ2n) is 2.05. The molecule has 1 heterocycles. The van der Waals surface area contributed by atoms with Gasteiger partial charge < -0.3 is 5.32 Å². The molecular weight excluding hydrogens is 114 g/mol. The van der Waals surface area contributed by atoms with Crippen molar-refractivity contribution in [3.63, 3.8) is 0 Å². The van der Waals surface area contributed by atoms with Gasteiger partial charge in [-0.25, -0.2) is 0 Å². The van der Waals surface area contributed by atoms with Crippen LogP contribution in [0.3, 0.4) is 0 Å². The van der Waals surface area contributed by atoms with E-state index < -0.39 is 0 Å². The Balaban J connectivity index is 2.69. The van der Waals surface area contributed by atoms with Crippen LogP contribution < -0.4 is 5.32 Å². The predicted molar refractivity (Wildman–Crippen MR) is 35.7 cm³/mol. The molecule has 0 aromatic carbocycles. The Morgan fingerprint density at radius 3 is 3.22 bits per heavy atom. The van der Waals surface area contributed by atoms with Crippen LogP contribution in [0, 0.1) is 0 Å². The Hall–Kier alpha value is -1.05. The van der Waals surface area contributed by atoms with Gasteiger partial charge in [0.05, 0.1) is 0 Å². The van der Waals surface area contributed by atoms with Crippen LogP contribution in [0.1, 0.15) is 13.3 Å². The minimum Gasteiger partial charge on any atom is -0.332 e. The van der Waals surface area contributed by atoms with Gasteiger partial charge in [-0.15, -0.1) is 0 Å². The Bertz CT molecular complexity index is 179. The first-order chi connectivity index (χ1) is 4.29. The van der Waals surface area contributed by atoms with Crippen molar-refractivity contribution >= 4 is 5.91 Å². The zero-order valence-electron chi connectivity index (χ0n) is 5.35. The first kappa shape index (κ1) is 6.08. The zero-order valence-corrected chi connectivity index (χ0v) is 5.35. The molecule has 0 aliphatic carbocycles. The molecule has 1 rings (SSSR count). The Labute approximate surface area is 54.3 Å². The molecule has 0 saturated heterocycles. The van der Waals surface area contributed by atoms with Crippen molar-refractivity contribution in [2.24, 2.45) is 0 Å². The highest BCUT2D eigenvalue weighted by atomic mass is 16.1. The topological polar surface area (TPSA) is 29.1 Å². The van der Waals surface area contributed by atoms with E-state index in [-0.39, 0.29) is 5.91 Å². The van der Waals surface area contributed by atoms with E-state index in [4.69, 9.17) is 0 Å². The van der Waals surface area contributed by atoms with Crippen LogP contribution in [0.2, 0.25) is 0 Å². The molecule has 1 aliphatic heterocycles. The quantitative estimate of drug-likeness (QED) is 0.511. The lowest BCUT2D eigenvalue weighted by Crippen LogP contribution is -2.13. The molecule has 0 saturated carbocycles. The molecule has 0 fully saturated rings. The molecular formula is C7H9NO. The molecule has 0 unspecified atom stereocenters. The molecule has 0 atom stereocenters. The smallest absolute Gasteiger partial charge is 0.227 e. The SMILES string of the molecule is CC1=CCC(=O)NC=C1. The molecule has 0 aromatic heterocycles. The fourth-order valence-electron chi connectivity index (χ4n) is 0.647. The lowest BCUT2D eigenvalue weighted by molar-refractivity contribution is -0.119. The Morgan fingerprint density at radius 2 is 2.44 bits per heavy atom. The second kappa shape index (κ2) is 2.49. The molecule has 1 amide bonds. The number of amides is 1. The van der Waals surface area contributed by atoms with E-state index in [1.54, 1.807) is 6.20 Å². The van der Waals surface area contributed by atoms with Crippen molar-refractivity contribution in [2.75, 3.05) is 0 Å². The van der Waals surface area contributed by atoms with Gasteiger partial charge in [0.15, 0.2) is 0 Å². The molecule has 9 heavy (non-hydrogen) atoms. The number of rotatable bonds is 0. The summed E-state index contributed by atoms with van der Waals surface area (Å²) in [7, 11) is 0. The molecule has 0 bridgehead atoms. The van der Waals surface area contributed by atoms with Crippen LogP contribution >= 0.6 is 0 Å². The van der Waals surface area contributed by atoms with Crippen LogP contribution in [-0.2, 0) is 4.79 Å². The minimum atomic E-state index is 0.0584. The van der Waals surface area contributed by atoms with Crippen molar-refractivity contribution < 1.29 is 4.79 Å². The van der Waals surface area contributed by atoms with E-state index in [2.05, 4.69) is 5.32 Å². The lowest BCUT2D eigenvalue weighted by Gasteiger charge is -1.88. The van der Waals surface area contributed by atoms with E-state index in [1.165, 1.54) is 0 Å². The minimum absolute atomic E-state index is 0.0584. The largest absolute Gasteiger partial charge is 0.332 e. The average molecular weight is 123 g/mol. The maximum absolute atomic E-state index is 10.6. The highest BCUT2D eigenvalue weighted by Crippen LogP contribution is 1.99. The second-order valence-corrected chi connectivity index (χ2v) is 2.05. The van der Waals surface area contributed by atoms with E-state index in [1.807, 2.05) is 19.1 Å². The number of allylic oxidation sites excluding steroid dienone is 2. The van der Waals surface area contributed by atoms with Gasteiger partial charge in [-0.05, 0) is 13.0 Å². The van der Waals surface area contributed by atoms with Gasteiger partial charge in [-0.2, -0.15) is 0 Å². The first-order valence-corrected chi connectivity index (χ1v) is 2.92. The summed E-state index contributed by atoms with van der Waals surface area (Å²) in [6.07, 6.45) is 5.95. The van der Waals surface area contributed by atoms with E-state index in [0.717, 1.165) is 5.57 Å². The highest BCUT2D eigenvalue weighted by molar-refractivity contribution is 5.79. The Kier molecular flexibility index (Phi) is 1.68. The lowest BCUT2D eigenvalue weighted by atomic mass is 10.2. The zero-order chi connectivity index (χ0) is 6.69. The summed E-state index contributed by atoms with van der Waals surface area (Å²) in [6, 6.07) is 0. The van der Waals surface area contributed by atoms with Crippen LogP contribution in [0.25, 0.3) is 0 Å². The van der Waals surface area contributed by atoms with Crippen molar-refractivity contribution in [1.29, 1.82) is 0 Å². The molecule has 1 aliphatic rings. The van der Waals surface area contributed by atoms with Crippen molar-refractivity contribution in [1.82, 2.24) is 5.32 Å². The first-order valence-electron chi connectivity index (χ1n) is 2.92. The number of carbonyl (C=O) groups is 1. The van der Waals surface area contributed by atoms with Crippen molar-refractivity contribution in [3.8, 4) is 0 Å². The van der Waals surface area contributed by atoms with E-state index in [0.29, 0.717) is 6.42 Å². The summed E-state index contributed by atoms with van der Waals surface area (Å²) in [5.41, 5.74) is 1.13. The summed E-state index contributed by atoms with van der Waals surface area (Å²) in [5.74, 6) is 0.0584. The van der Waals surface area contributed by atoms with Crippen LogP contribution in [-0.4, -0.2) is 5.91 Å². The summed E-state index contributed by atoms with van der Waals surface area (Å²) in [5, 5.41) is 2.60. The average Bonchev–Trinajstić information content (AvgIpc) is 1.97. The third kappa shape index (κ3) is 1.72. The third-order valence-electron chi connectivity index (χ3n) is 1.20. The maximum Gasteiger partial charge on any atom is 0.227 e. The summed E-state index contributed by atoms with van der Waals surface area (Å²) in [4.78, 5) is 10.6. The molecule has 0 radical (unpaired) electrons. The molecule has 0 spiro atoms. The monoisotopic (exact) mass is 123 g/mol. The van der Waals surface area contributed by atoms with Gasteiger partial charge in [-0.3, -0.25) is 4.79 Å². The summed E-state index contributed by atoms with van der Waals surface area (Å²) >= 11 is 0. The Morgan fingerprint density at radius 1 is 1.67 bits per heavy atom. The number of nitrogens with one attached hydrogen (secondary N) is 1. The number of hydrogen-bond acceptors (Lipinski definition) is 1. The summed E-state index contributed by atoms with van der Waals surface area (Å²) in [6.45, 7) is 1.97. The molecule has 0 aromatic rings. The predicted octanol–water partition coefficient (Wildman–Crippen LogP) is 0.966. The fourth-order valence-corrected chi connectivity index (χ4v) is 0.647. The van der Waals surface area contributed by atoms with Gasteiger partial charge in [0.1, 0.15) is 0 Å². The number of carbonyl (C=O) groups excluding carboxylic acids is 1. The van der Waals surface area contributed by atoms with Gasteiger partial charge in [-0.1, -0.05) is 11.6 Å². The van der Waals surface area contributed by atoms with Crippen LogP contribution in [0.4, 0.5) is 0 Å². The van der Waals surface area contributed by atoms with Gasteiger partial charge >= 0.3 is 0 Å². The standard InChI is InChI=1S/C7H9NO/c1-6-2-3-7(9)8-5-4-6/h2,4-5H,3H2,1H3,(H,8,9). The number of hydrogen-bond donors (Lipinski definition) is 1. The van der Waals surface area contributed by atoms with Gasteiger partial charge in [0, 0.05) is 12.6 Å². The summed E-state index contributed by atoms with van der Waals surface area (Å²) < 4.78 is 0. The van der Waals surface area contributed by atoms with E-state index in [9.17, 15) is 4.79 Å². The van der Waals surface area contributed by atoms with Crippen molar-refractivity contribution in [3.05, 3.63) is 23.9 Å². The van der Waals surface area contributed by atoms with E-state index >= 15 is 0 Å². The van der Waals surface area contributed by atoms with Gasteiger partial charge in [0.2, 0.25) is 5.91 Å². The molecule has 2 heteroatoms. The van der Waals surface area contributed by atoms with Crippen LogP contribution in [0.5, 0.6) is 0 Å². The van der Waals surface area contributed by atoms with Crippen molar-refractivity contribution in [2.45, 2.75) is 13.3 Å². The molecule has 2 nitrogen and oxygen atoms in total. The normalized spacial score (nSPS) is 18.3. The fraction of sp³-hybridized carbons (Fsp3) is 0.286. The van der Waals surface area contributed by atoms with Gasteiger partial charge in [0.25, 0.3) is 0 Å². The maximum atomic E-state index is 10.6. The highest BCUT2D eigenvalue weighted by Gasteiger charge is 1.97.